The molecule has 5 aromatic rings. The Kier molecular flexibility index (Phi) is 8.18. The number of carboxylic acids is 1. The van der Waals surface area contributed by atoms with Gasteiger partial charge in [0.1, 0.15) is 22.8 Å². The number of para-hydroxylation sites is 1. The van der Waals surface area contributed by atoms with Crippen molar-refractivity contribution in [2.45, 2.75) is 56.9 Å². The molecule has 6 heterocycles. The van der Waals surface area contributed by atoms with E-state index in [0.717, 1.165) is 79.3 Å². The summed E-state index contributed by atoms with van der Waals surface area (Å²) in [5.41, 5.74) is 4.58. The summed E-state index contributed by atoms with van der Waals surface area (Å²) in [6.45, 7) is 5.62. The van der Waals surface area contributed by atoms with E-state index >= 15 is 0 Å². The third kappa shape index (κ3) is 5.98. The number of aromatic carboxylic acids is 1. The third-order valence-corrected chi connectivity index (χ3v) is 10.1. The highest BCUT2D eigenvalue weighted by Gasteiger charge is 2.36. The second-order valence-corrected chi connectivity index (χ2v) is 13.6. The van der Waals surface area contributed by atoms with Crippen LogP contribution in [0.15, 0.2) is 72.9 Å². The smallest absolute Gasteiger partial charge is 0.354 e. The number of ether oxygens (including phenoxy) is 2. The summed E-state index contributed by atoms with van der Waals surface area (Å²) in [7, 11) is 0. The number of piperidine rings is 1. The van der Waals surface area contributed by atoms with Gasteiger partial charge in [-0.1, -0.05) is 60.1 Å². The lowest BCUT2D eigenvalue weighted by molar-refractivity contribution is -0.0585. The Morgan fingerprint density at radius 1 is 1.08 bits per heavy atom. The number of imidazole rings is 1. The first-order valence-electron chi connectivity index (χ1n) is 16.6. The van der Waals surface area contributed by atoms with Gasteiger partial charge in [-0.3, -0.25) is 9.88 Å². The van der Waals surface area contributed by atoms with Crippen LogP contribution in [0.25, 0.3) is 28.6 Å². The molecule has 0 saturated carbocycles. The first-order chi connectivity index (χ1) is 23.8. The molecule has 0 radical (unpaired) electrons. The molecule has 8 rings (SSSR count). The molecular formula is C38H35ClFN5O4. The number of rotatable bonds is 8. The minimum atomic E-state index is -1.07. The fraction of sp³-hybridized carbons (Fsp3) is 0.316. The predicted octanol–water partition coefficient (Wildman–Crippen LogP) is 7.47. The Bertz CT molecular complexity index is 2110. The first-order valence-corrected chi connectivity index (χ1v) is 17.0. The maximum absolute atomic E-state index is 15.0. The van der Waals surface area contributed by atoms with Crippen molar-refractivity contribution in [3.63, 3.8) is 0 Å². The highest BCUT2D eigenvalue weighted by molar-refractivity contribution is 6.30. The van der Waals surface area contributed by atoms with Crippen LogP contribution in [0.1, 0.15) is 65.0 Å². The van der Waals surface area contributed by atoms with Gasteiger partial charge in [-0.2, -0.15) is 0 Å². The van der Waals surface area contributed by atoms with Crippen molar-refractivity contribution in [3.05, 3.63) is 112 Å². The predicted molar refractivity (Wildman–Crippen MR) is 184 cm³/mol. The van der Waals surface area contributed by atoms with E-state index in [-0.39, 0.29) is 28.4 Å². The summed E-state index contributed by atoms with van der Waals surface area (Å²) in [6, 6.07) is 19.0. The number of carbonyl (C=O) groups is 1. The fourth-order valence-corrected chi connectivity index (χ4v) is 7.34. The first kappa shape index (κ1) is 31.6. The maximum Gasteiger partial charge on any atom is 0.354 e. The number of benzene rings is 2. The lowest BCUT2D eigenvalue weighted by Gasteiger charge is -2.36. The summed E-state index contributed by atoms with van der Waals surface area (Å²) in [4.78, 5) is 27.9. The van der Waals surface area contributed by atoms with Gasteiger partial charge < -0.3 is 19.1 Å². The van der Waals surface area contributed by atoms with Crippen molar-refractivity contribution in [2.24, 2.45) is 0 Å². The van der Waals surface area contributed by atoms with Gasteiger partial charge in [-0.15, -0.1) is 0 Å². The van der Waals surface area contributed by atoms with Crippen molar-refractivity contribution >= 4 is 34.8 Å². The Hall–Kier alpha value is -4.64. The quantitative estimate of drug-likeness (QED) is 0.180. The second kappa shape index (κ2) is 12.7. The molecule has 0 bridgehead atoms. The standard InChI is InChI=1S/C38H35ClFN5O4/c1-38(34-30(40)19-26(39)20-41-34)15-11-24-6-4-8-28(33(24)49-38)23-12-16-44(17-13-23)21-25-5-2-3-7-29(25)35-42-31-9-10-32(37(46)47)43-36(31)45(35)22-27-14-18-48-27/h2-11,15,19-20,23,27H,12-14,16-18,21-22H2,1H3,(H,46,47)/t27-,38+/m0/s1. The molecule has 0 aliphatic carbocycles. The zero-order valence-corrected chi connectivity index (χ0v) is 27.7. The number of pyridine rings is 2. The lowest BCUT2D eigenvalue weighted by atomic mass is 9.86. The molecule has 49 heavy (non-hydrogen) atoms. The molecule has 2 aromatic carbocycles. The third-order valence-electron chi connectivity index (χ3n) is 9.92. The average molecular weight is 680 g/mol. The van der Waals surface area contributed by atoms with Gasteiger partial charge >= 0.3 is 5.97 Å². The van der Waals surface area contributed by atoms with Crippen LogP contribution in [0.2, 0.25) is 5.02 Å². The molecule has 0 unspecified atom stereocenters. The van der Waals surface area contributed by atoms with Crippen LogP contribution in [-0.4, -0.2) is 61.3 Å². The van der Waals surface area contributed by atoms with Crippen LogP contribution in [0.3, 0.4) is 0 Å². The summed E-state index contributed by atoms with van der Waals surface area (Å²) in [6.07, 6.45) is 8.15. The SMILES string of the molecule is C[C@]1(c2ncc(Cl)cc2F)C=Cc2cccc(C3CCN(Cc4ccccc4-c4nc5ccc(C(=O)O)nc5n4C[C@@H]4CCO4)CC3)c2O1. The van der Waals surface area contributed by atoms with Gasteiger partial charge in [0.05, 0.1) is 17.7 Å². The molecule has 11 heteroatoms. The summed E-state index contributed by atoms with van der Waals surface area (Å²) in [5, 5.41) is 9.85. The number of fused-ring (bicyclic) bond motifs is 2. The van der Waals surface area contributed by atoms with Crippen LogP contribution in [0.5, 0.6) is 5.75 Å². The number of hydrogen-bond acceptors (Lipinski definition) is 7. The van der Waals surface area contributed by atoms with E-state index in [1.165, 1.54) is 18.3 Å². The summed E-state index contributed by atoms with van der Waals surface area (Å²) < 4.78 is 29.3. The van der Waals surface area contributed by atoms with E-state index in [2.05, 4.69) is 39.1 Å². The number of hydrogen-bond donors (Lipinski definition) is 1. The molecular weight excluding hydrogens is 645 g/mol. The average Bonchev–Trinajstić information content (AvgIpc) is 3.44. The van der Waals surface area contributed by atoms with Crippen LogP contribution in [-0.2, 0) is 23.4 Å². The summed E-state index contributed by atoms with van der Waals surface area (Å²) >= 11 is 5.98. The Morgan fingerprint density at radius 2 is 1.90 bits per heavy atom. The lowest BCUT2D eigenvalue weighted by Crippen LogP contribution is -2.34. The Balaban J connectivity index is 1.03. The molecule has 3 aliphatic heterocycles. The van der Waals surface area contributed by atoms with Gasteiger partial charge in [0, 0.05) is 30.5 Å². The van der Waals surface area contributed by atoms with Crippen LogP contribution in [0, 0.1) is 5.82 Å². The minimum absolute atomic E-state index is 0.00887. The Labute approximate surface area is 288 Å². The molecule has 1 N–H and O–H groups in total. The second-order valence-electron chi connectivity index (χ2n) is 13.2. The van der Waals surface area contributed by atoms with E-state index in [9.17, 15) is 14.3 Å². The van der Waals surface area contributed by atoms with Gasteiger partial charge in [0.15, 0.2) is 22.8 Å². The van der Waals surface area contributed by atoms with Crippen molar-refractivity contribution in [2.75, 3.05) is 19.7 Å². The minimum Gasteiger partial charge on any atom is -0.477 e. The number of halogens is 2. The monoisotopic (exact) mass is 679 g/mol. The van der Waals surface area contributed by atoms with E-state index in [1.54, 1.807) is 6.07 Å². The van der Waals surface area contributed by atoms with Crippen LogP contribution in [0.4, 0.5) is 4.39 Å². The largest absolute Gasteiger partial charge is 0.477 e. The highest BCUT2D eigenvalue weighted by Crippen LogP contribution is 2.44. The van der Waals surface area contributed by atoms with Crippen LogP contribution >= 0.6 is 11.6 Å². The van der Waals surface area contributed by atoms with Crippen molar-refractivity contribution < 1.29 is 23.8 Å². The molecule has 9 nitrogen and oxygen atoms in total. The van der Waals surface area contributed by atoms with Crippen molar-refractivity contribution in [1.82, 2.24) is 24.4 Å². The molecule has 0 spiro atoms. The Morgan fingerprint density at radius 3 is 2.65 bits per heavy atom. The summed E-state index contributed by atoms with van der Waals surface area (Å²) in [5.74, 6) is 0.257. The molecule has 3 aliphatic rings. The molecule has 250 valence electrons. The maximum atomic E-state index is 15.0. The number of carboxylic acid groups (broad SMARTS) is 1. The molecule has 2 fully saturated rings. The highest BCUT2D eigenvalue weighted by atomic mass is 35.5. The molecule has 3 aromatic heterocycles. The number of likely N-dealkylation sites (tertiary alicyclic amines) is 1. The normalized spacial score (nSPS) is 20.9. The zero-order valence-electron chi connectivity index (χ0n) is 27.0. The van der Waals surface area contributed by atoms with Gasteiger partial charge in [0.2, 0.25) is 0 Å². The molecule has 2 saturated heterocycles. The van der Waals surface area contributed by atoms with Gasteiger partial charge in [-0.25, -0.2) is 19.2 Å². The van der Waals surface area contributed by atoms with E-state index in [1.807, 2.05) is 41.8 Å². The van der Waals surface area contributed by atoms with Crippen molar-refractivity contribution in [1.29, 1.82) is 0 Å². The van der Waals surface area contributed by atoms with E-state index in [0.29, 0.717) is 17.7 Å². The zero-order chi connectivity index (χ0) is 33.7. The van der Waals surface area contributed by atoms with E-state index < -0.39 is 17.4 Å². The fourth-order valence-electron chi connectivity index (χ4n) is 7.20. The van der Waals surface area contributed by atoms with Crippen LogP contribution < -0.4 is 4.74 Å². The topological polar surface area (TPSA) is 103 Å². The van der Waals surface area contributed by atoms with Crippen molar-refractivity contribution in [3.8, 4) is 17.1 Å². The molecule has 0 amide bonds. The van der Waals surface area contributed by atoms with Gasteiger partial charge in [-0.05, 0) is 80.6 Å². The van der Waals surface area contributed by atoms with Gasteiger partial charge in [0.25, 0.3) is 0 Å². The van der Waals surface area contributed by atoms with E-state index in [4.69, 9.17) is 26.1 Å². The molecule has 2 atom stereocenters. The number of nitrogens with zero attached hydrogens (tertiary/aromatic N) is 5. The number of aromatic nitrogens is 4.